The molecule has 4 heteroatoms. The fraction of sp³-hybridized carbons (Fsp3) is 0.550. The van der Waals surface area contributed by atoms with Crippen LogP contribution in [0.15, 0.2) is 36.9 Å². The predicted molar refractivity (Wildman–Crippen MR) is 90.6 cm³/mol. The van der Waals surface area contributed by atoms with Gasteiger partial charge < -0.3 is 15.0 Å². The van der Waals surface area contributed by atoms with Crippen molar-refractivity contribution in [2.24, 2.45) is 23.2 Å². The maximum atomic E-state index is 13.4. The second-order valence-electron chi connectivity index (χ2n) is 8.40. The number of nitrogens with zero attached hydrogens (tertiary/aromatic N) is 1. The molecule has 0 radical (unpaired) electrons. The molecule has 1 amide bonds. The Bertz CT molecular complexity index is 792. The van der Waals surface area contributed by atoms with Gasteiger partial charge in [-0.1, -0.05) is 24.3 Å². The van der Waals surface area contributed by atoms with E-state index in [4.69, 9.17) is 4.74 Å². The van der Waals surface area contributed by atoms with Crippen molar-refractivity contribution in [3.63, 3.8) is 0 Å². The van der Waals surface area contributed by atoms with Crippen LogP contribution in [0.1, 0.15) is 12.0 Å². The number of nitrogens with one attached hydrogen (secondary N) is 1. The smallest absolute Gasteiger partial charge is 0.238 e. The molecule has 3 aliphatic heterocycles. The van der Waals surface area contributed by atoms with Crippen LogP contribution in [0.3, 0.4) is 0 Å². The van der Waals surface area contributed by atoms with Gasteiger partial charge in [0.15, 0.2) is 0 Å². The van der Waals surface area contributed by atoms with E-state index in [0.29, 0.717) is 17.9 Å². The lowest BCUT2D eigenvalue weighted by molar-refractivity contribution is -0.153. The van der Waals surface area contributed by atoms with Crippen LogP contribution in [0.4, 0.5) is 5.69 Å². The highest BCUT2D eigenvalue weighted by molar-refractivity contribution is 6.07. The number of carbonyl (C=O) groups excluding carboxylic acids is 1. The first kappa shape index (κ1) is 13.6. The minimum atomic E-state index is -0.554. The van der Waals surface area contributed by atoms with Crippen molar-refractivity contribution in [1.29, 1.82) is 0 Å². The number of likely N-dealkylation sites (tertiary alicyclic amines) is 1. The van der Waals surface area contributed by atoms with Gasteiger partial charge in [-0.3, -0.25) is 4.79 Å². The van der Waals surface area contributed by atoms with Crippen LogP contribution in [-0.4, -0.2) is 43.2 Å². The summed E-state index contributed by atoms with van der Waals surface area (Å²) in [5, 5.41) is 3.18. The van der Waals surface area contributed by atoms with Crippen LogP contribution in [0.2, 0.25) is 0 Å². The quantitative estimate of drug-likeness (QED) is 0.805. The molecule has 4 nitrogen and oxygen atoms in total. The summed E-state index contributed by atoms with van der Waals surface area (Å²) in [4.78, 5) is 15.9. The number of amides is 1. The van der Waals surface area contributed by atoms with Crippen LogP contribution >= 0.6 is 0 Å². The Morgan fingerprint density at radius 2 is 2.25 bits per heavy atom. The molecular formula is C20H22N2O2. The van der Waals surface area contributed by atoms with Crippen LogP contribution in [0.5, 0.6) is 0 Å². The largest absolute Gasteiger partial charge is 0.376 e. The van der Waals surface area contributed by atoms with Gasteiger partial charge in [-0.05, 0) is 31.0 Å². The molecule has 3 heterocycles. The number of rotatable bonds is 1. The zero-order valence-electron chi connectivity index (χ0n) is 13.9. The zero-order chi connectivity index (χ0) is 16.3. The van der Waals surface area contributed by atoms with E-state index < -0.39 is 5.41 Å². The number of para-hydroxylation sites is 1. The van der Waals surface area contributed by atoms with Crippen LogP contribution < -0.4 is 5.32 Å². The molecule has 2 saturated heterocycles. The lowest BCUT2D eigenvalue weighted by Gasteiger charge is -2.54. The molecule has 6 rings (SSSR count). The SMILES string of the molecule is C=C[C@@]12CN(C)[C@H]3[C@H]1[C@@]1(C(=O)Nc4ccccc41)C1CC2[C@@H]3CO1. The molecule has 2 saturated carbocycles. The monoisotopic (exact) mass is 322 g/mol. The summed E-state index contributed by atoms with van der Waals surface area (Å²) >= 11 is 0. The number of hydrogen-bond acceptors (Lipinski definition) is 3. The summed E-state index contributed by atoms with van der Waals surface area (Å²) in [6, 6.07) is 8.64. The molecule has 4 fully saturated rings. The Kier molecular flexibility index (Phi) is 2.24. The van der Waals surface area contributed by atoms with E-state index in [-0.39, 0.29) is 23.3 Å². The van der Waals surface area contributed by atoms with Crippen molar-refractivity contribution in [3.8, 4) is 0 Å². The van der Waals surface area contributed by atoms with Crippen molar-refractivity contribution in [3.05, 3.63) is 42.5 Å². The predicted octanol–water partition coefficient (Wildman–Crippen LogP) is 2.03. The minimum Gasteiger partial charge on any atom is -0.376 e. The van der Waals surface area contributed by atoms with Crippen molar-refractivity contribution in [2.75, 3.05) is 25.5 Å². The van der Waals surface area contributed by atoms with Gasteiger partial charge in [0.1, 0.15) is 5.41 Å². The molecule has 7 atom stereocenters. The highest BCUT2D eigenvalue weighted by atomic mass is 16.5. The lowest BCUT2D eigenvalue weighted by atomic mass is 9.51. The van der Waals surface area contributed by atoms with Gasteiger partial charge >= 0.3 is 0 Å². The van der Waals surface area contributed by atoms with Gasteiger partial charge in [0.2, 0.25) is 5.91 Å². The van der Waals surface area contributed by atoms with E-state index in [2.05, 4.69) is 42.1 Å². The van der Waals surface area contributed by atoms with E-state index >= 15 is 0 Å². The molecular weight excluding hydrogens is 300 g/mol. The number of ether oxygens (including phenoxy) is 1. The van der Waals surface area contributed by atoms with Crippen molar-refractivity contribution in [1.82, 2.24) is 4.90 Å². The second-order valence-corrected chi connectivity index (χ2v) is 8.40. The minimum absolute atomic E-state index is 0.00280. The molecule has 0 aromatic heterocycles. The number of piperidine rings is 1. The van der Waals surface area contributed by atoms with Crippen molar-refractivity contribution < 1.29 is 9.53 Å². The molecule has 5 aliphatic rings. The van der Waals surface area contributed by atoms with Gasteiger partial charge in [0, 0.05) is 35.5 Å². The molecule has 24 heavy (non-hydrogen) atoms. The third-order valence-electron chi connectivity index (χ3n) is 7.93. The second kappa shape index (κ2) is 3.94. The Hall–Kier alpha value is -1.65. The van der Waals surface area contributed by atoms with Crippen molar-refractivity contribution >= 4 is 11.6 Å². The van der Waals surface area contributed by atoms with E-state index in [0.717, 1.165) is 30.8 Å². The van der Waals surface area contributed by atoms with Gasteiger partial charge in [-0.25, -0.2) is 0 Å². The molecule has 1 aromatic carbocycles. The van der Waals surface area contributed by atoms with Gasteiger partial charge in [-0.2, -0.15) is 0 Å². The zero-order valence-corrected chi connectivity index (χ0v) is 13.9. The maximum Gasteiger partial charge on any atom is 0.238 e. The number of carbonyl (C=O) groups is 1. The van der Waals surface area contributed by atoms with E-state index in [1.165, 1.54) is 0 Å². The Morgan fingerprint density at radius 3 is 3.08 bits per heavy atom. The summed E-state index contributed by atoms with van der Waals surface area (Å²) in [6.45, 7) is 6.06. The van der Waals surface area contributed by atoms with Crippen LogP contribution in [0.25, 0.3) is 0 Å². The van der Waals surface area contributed by atoms with E-state index in [1.54, 1.807) is 0 Å². The molecule has 1 aromatic rings. The van der Waals surface area contributed by atoms with Gasteiger partial charge in [-0.15, -0.1) is 6.58 Å². The first-order valence-electron chi connectivity index (χ1n) is 9.01. The average Bonchev–Trinajstić information content (AvgIpc) is 3.08. The molecule has 1 N–H and O–H groups in total. The third kappa shape index (κ3) is 1.12. The average molecular weight is 322 g/mol. The number of hydrogen-bond donors (Lipinski definition) is 1. The molecule has 1 spiro atoms. The first-order valence-corrected chi connectivity index (χ1v) is 9.01. The topological polar surface area (TPSA) is 41.6 Å². The number of anilines is 1. The normalized spacial score (nSPS) is 50.4. The fourth-order valence-corrected chi connectivity index (χ4v) is 7.38. The summed E-state index contributed by atoms with van der Waals surface area (Å²) in [5.74, 6) is 1.56. The highest BCUT2D eigenvalue weighted by Gasteiger charge is 2.79. The molecule has 5 bridgehead atoms. The Labute approximate surface area is 141 Å². The summed E-state index contributed by atoms with van der Waals surface area (Å²) < 4.78 is 6.34. The maximum absolute atomic E-state index is 13.4. The Morgan fingerprint density at radius 1 is 1.42 bits per heavy atom. The van der Waals surface area contributed by atoms with Gasteiger partial charge in [0.05, 0.1) is 12.7 Å². The number of fused-ring (bicyclic) bond motifs is 5. The summed E-state index contributed by atoms with van der Waals surface area (Å²) in [6.07, 6.45) is 3.17. The van der Waals surface area contributed by atoms with Crippen molar-refractivity contribution in [2.45, 2.75) is 24.0 Å². The molecule has 124 valence electrons. The van der Waals surface area contributed by atoms with E-state index in [1.807, 2.05) is 12.1 Å². The van der Waals surface area contributed by atoms with Crippen LogP contribution in [0, 0.1) is 23.2 Å². The molecule has 2 unspecified atom stereocenters. The third-order valence-corrected chi connectivity index (χ3v) is 7.93. The van der Waals surface area contributed by atoms with Gasteiger partial charge in [0.25, 0.3) is 0 Å². The molecule has 2 aliphatic carbocycles. The summed E-state index contributed by atoms with van der Waals surface area (Å²) in [7, 11) is 2.21. The van der Waals surface area contributed by atoms with E-state index in [9.17, 15) is 4.79 Å². The summed E-state index contributed by atoms with van der Waals surface area (Å²) in [5.41, 5.74) is 1.61. The first-order chi connectivity index (χ1) is 11.6. The number of benzene rings is 1. The highest BCUT2D eigenvalue weighted by Crippen LogP contribution is 2.73. The van der Waals surface area contributed by atoms with Crippen LogP contribution in [-0.2, 0) is 14.9 Å². The fourth-order valence-electron chi connectivity index (χ4n) is 7.38. The lowest BCUT2D eigenvalue weighted by Crippen LogP contribution is -2.62. The Balaban J connectivity index is 1.69. The standard InChI is InChI=1S/C20H22N2O2/c1-3-19-10-22(2)16-11-9-24-15(8-13(11)19)20(17(16)19)12-6-4-5-7-14(12)21-18(20)23/h3-7,11,13,15-17H,1,8-10H2,2H3,(H,21,23)/t11-,13?,15?,16+,17+,19-,20-/m0/s1.